The van der Waals surface area contributed by atoms with Gasteiger partial charge in [0, 0.05) is 23.8 Å². The topological polar surface area (TPSA) is 42.2 Å². The third-order valence-corrected chi connectivity index (χ3v) is 2.00. The first-order valence-corrected chi connectivity index (χ1v) is 4.36. The van der Waals surface area contributed by atoms with Crippen molar-refractivity contribution >= 4 is 11.6 Å². The van der Waals surface area contributed by atoms with Gasteiger partial charge in [-0.25, -0.2) is 0 Å². The molecule has 0 spiro atoms. The van der Waals surface area contributed by atoms with Crippen LogP contribution in [0.2, 0.25) is 5.02 Å². The zero-order valence-corrected chi connectivity index (χ0v) is 8.76. The van der Waals surface area contributed by atoms with E-state index in [1.165, 1.54) is 7.11 Å². The fraction of sp³-hybridized carbons (Fsp3) is 0.300. The van der Waals surface area contributed by atoms with Gasteiger partial charge in [-0.1, -0.05) is 11.6 Å². The molecule has 0 bridgehead atoms. The maximum Gasteiger partial charge on any atom is 0.138 e. The number of halogens is 1. The third kappa shape index (κ3) is 2.16. The lowest BCUT2D eigenvalue weighted by Gasteiger charge is -2.08. The fourth-order valence-electron chi connectivity index (χ4n) is 1.19. The summed E-state index contributed by atoms with van der Waals surface area (Å²) in [6, 6.07) is 5.37. The number of nitrogens with zero attached hydrogens (tertiary/aromatic N) is 1. The molecular formula is C10H10ClNO2. The lowest BCUT2D eigenvalue weighted by molar-refractivity contribution is 0.184. The van der Waals surface area contributed by atoms with E-state index in [0.29, 0.717) is 22.9 Å². The third-order valence-electron chi connectivity index (χ3n) is 1.78. The summed E-state index contributed by atoms with van der Waals surface area (Å²) in [4.78, 5) is 0. The maximum absolute atomic E-state index is 8.92. The molecule has 0 fully saturated rings. The Morgan fingerprint density at radius 1 is 1.43 bits per heavy atom. The Morgan fingerprint density at radius 2 is 2.14 bits per heavy atom. The number of nitriles is 1. The number of rotatable bonds is 3. The first kappa shape index (κ1) is 10.8. The predicted molar refractivity (Wildman–Crippen MR) is 53.4 cm³/mol. The zero-order valence-electron chi connectivity index (χ0n) is 8.00. The van der Waals surface area contributed by atoms with Crippen molar-refractivity contribution in [2.75, 3.05) is 14.2 Å². The Hall–Kier alpha value is -1.24. The summed E-state index contributed by atoms with van der Waals surface area (Å²) in [5.74, 6) is 0.479. The second-order valence-electron chi connectivity index (χ2n) is 2.69. The molecule has 0 saturated carbocycles. The van der Waals surface area contributed by atoms with Crippen LogP contribution in [0.3, 0.4) is 0 Å². The van der Waals surface area contributed by atoms with Crippen molar-refractivity contribution < 1.29 is 9.47 Å². The molecule has 0 atom stereocenters. The Morgan fingerprint density at radius 3 is 2.64 bits per heavy atom. The highest BCUT2D eigenvalue weighted by Crippen LogP contribution is 2.27. The second kappa shape index (κ2) is 4.85. The molecule has 0 aromatic heterocycles. The molecule has 0 aliphatic carbocycles. The quantitative estimate of drug-likeness (QED) is 0.771. The van der Waals surface area contributed by atoms with Crippen molar-refractivity contribution in [3.8, 4) is 11.8 Å². The number of ether oxygens (including phenoxy) is 2. The highest BCUT2D eigenvalue weighted by Gasteiger charge is 2.10. The van der Waals surface area contributed by atoms with Crippen molar-refractivity contribution in [2.24, 2.45) is 0 Å². The zero-order chi connectivity index (χ0) is 10.6. The SMILES string of the molecule is COCc1cc(Cl)cc(OC)c1C#N. The van der Waals surface area contributed by atoms with Gasteiger partial charge in [0.25, 0.3) is 0 Å². The first-order valence-electron chi connectivity index (χ1n) is 3.98. The Labute approximate surface area is 87.8 Å². The van der Waals surface area contributed by atoms with E-state index >= 15 is 0 Å². The van der Waals surface area contributed by atoms with Gasteiger partial charge in [-0.2, -0.15) is 5.26 Å². The average Bonchev–Trinajstić information content (AvgIpc) is 2.17. The standard InChI is InChI=1S/C10H10ClNO2/c1-13-6-7-3-8(11)4-10(14-2)9(7)5-12/h3-4H,6H2,1-2H3. The Balaban J connectivity index is 3.26. The molecule has 3 nitrogen and oxygen atoms in total. The molecule has 74 valence electrons. The smallest absolute Gasteiger partial charge is 0.138 e. The van der Waals surface area contributed by atoms with Gasteiger partial charge >= 0.3 is 0 Å². The van der Waals surface area contributed by atoms with Crippen LogP contribution in [0.15, 0.2) is 12.1 Å². The summed E-state index contributed by atoms with van der Waals surface area (Å²) in [7, 11) is 3.07. The highest BCUT2D eigenvalue weighted by atomic mass is 35.5. The molecule has 0 heterocycles. The molecule has 0 amide bonds. The van der Waals surface area contributed by atoms with E-state index in [4.69, 9.17) is 26.3 Å². The summed E-state index contributed by atoms with van der Waals surface area (Å²) >= 11 is 5.85. The maximum atomic E-state index is 8.92. The first-order chi connectivity index (χ1) is 6.72. The van der Waals surface area contributed by atoms with E-state index in [9.17, 15) is 0 Å². The van der Waals surface area contributed by atoms with Crippen LogP contribution in [0.5, 0.6) is 5.75 Å². The second-order valence-corrected chi connectivity index (χ2v) is 3.12. The van der Waals surface area contributed by atoms with E-state index in [1.54, 1.807) is 19.2 Å². The highest BCUT2D eigenvalue weighted by molar-refractivity contribution is 6.30. The minimum absolute atomic E-state index is 0.347. The lowest BCUT2D eigenvalue weighted by Crippen LogP contribution is -1.96. The molecule has 0 N–H and O–H groups in total. The number of benzene rings is 1. The molecule has 1 aromatic carbocycles. The summed E-state index contributed by atoms with van der Waals surface area (Å²) in [6.45, 7) is 0.347. The van der Waals surface area contributed by atoms with Gasteiger partial charge in [-0.15, -0.1) is 0 Å². The van der Waals surface area contributed by atoms with Crippen LogP contribution >= 0.6 is 11.6 Å². The summed E-state index contributed by atoms with van der Waals surface area (Å²) in [6.07, 6.45) is 0. The molecule has 14 heavy (non-hydrogen) atoms. The van der Waals surface area contributed by atoms with Gasteiger partial charge in [0.1, 0.15) is 11.8 Å². The summed E-state index contributed by atoms with van der Waals surface area (Å²) < 4.78 is 10.0. The van der Waals surface area contributed by atoms with Crippen LogP contribution in [-0.2, 0) is 11.3 Å². The minimum Gasteiger partial charge on any atom is -0.495 e. The number of hydrogen-bond donors (Lipinski definition) is 0. The molecular weight excluding hydrogens is 202 g/mol. The van der Waals surface area contributed by atoms with E-state index in [2.05, 4.69) is 6.07 Å². The van der Waals surface area contributed by atoms with Crippen molar-refractivity contribution in [2.45, 2.75) is 6.61 Å². The molecule has 0 radical (unpaired) electrons. The van der Waals surface area contributed by atoms with Crippen LogP contribution in [0.1, 0.15) is 11.1 Å². The van der Waals surface area contributed by atoms with E-state index in [-0.39, 0.29) is 0 Å². The van der Waals surface area contributed by atoms with Crippen molar-refractivity contribution in [1.29, 1.82) is 5.26 Å². The molecule has 1 rings (SSSR count). The largest absolute Gasteiger partial charge is 0.495 e. The molecule has 0 saturated heterocycles. The van der Waals surface area contributed by atoms with E-state index < -0.39 is 0 Å². The van der Waals surface area contributed by atoms with Crippen molar-refractivity contribution in [3.05, 3.63) is 28.3 Å². The minimum atomic E-state index is 0.347. The number of methoxy groups -OCH3 is 2. The van der Waals surface area contributed by atoms with E-state index in [1.807, 2.05) is 0 Å². The summed E-state index contributed by atoms with van der Waals surface area (Å²) in [5.41, 5.74) is 1.21. The molecule has 1 aromatic rings. The van der Waals surface area contributed by atoms with Gasteiger partial charge in [0.15, 0.2) is 0 Å². The lowest BCUT2D eigenvalue weighted by atomic mass is 10.1. The number of hydrogen-bond acceptors (Lipinski definition) is 3. The van der Waals surface area contributed by atoms with Gasteiger partial charge < -0.3 is 9.47 Å². The van der Waals surface area contributed by atoms with Gasteiger partial charge in [-0.05, 0) is 6.07 Å². The van der Waals surface area contributed by atoms with Crippen LogP contribution < -0.4 is 4.74 Å². The molecule has 0 unspecified atom stereocenters. The normalized spacial score (nSPS) is 9.57. The Bertz CT molecular complexity index is 371. The van der Waals surface area contributed by atoms with Gasteiger partial charge in [-0.3, -0.25) is 0 Å². The summed E-state index contributed by atoms with van der Waals surface area (Å²) in [5, 5.41) is 9.45. The predicted octanol–water partition coefficient (Wildman–Crippen LogP) is 2.37. The Kier molecular flexibility index (Phi) is 3.75. The monoisotopic (exact) mass is 211 g/mol. The fourth-order valence-corrected chi connectivity index (χ4v) is 1.42. The van der Waals surface area contributed by atoms with Crippen LogP contribution in [-0.4, -0.2) is 14.2 Å². The van der Waals surface area contributed by atoms with Gasteiger partial charge in [0.05, 0.1) is 19.3 Å². The van der Waals surface area contributed by atoms with Crippen LogP contribution in [0.4, 0.5) is 0 Å². The van der Waals surface area contributed by atoms with Crippen molar-refractivity contribution in [3.63, 3.8) is 0 Å². The van der Waals surface area contributed by atoms with E-state index in [0.717, 1.165) is 5.56 Å². The average molecular weight is 212 g/mol. The van der Waals surface area contributed by atoms with Gasteiger partial charge in [0.2, 0.25) is 0 Å². The van der Waals surface area contributed by atoms with Crippen LogP contribution in [0, 0.1) is 11.3 Å². The molecule has 0 aliphatic rings. The van der Waals surface area contributed by atoms with Crippen molar-refractivity contribution in [1.82, 2.24) is 0 Å². The molecule has 0 aliphatic heterocycles. The van der Waals surface area contributed by atoms with Crippen LogP contribution in [0.25, 0.3) is 0 Å². The molecule has 4 heteroatoms.